The third-order valence-corrected chi connectivity index (χ3v) is 16.4. The fraction of sp³-hybridized carbons (Fsp3) is 0.926. The molecule has 9 heteroatoms. The molecule has 0 aromatic carbocycles. The molecule has 1 rings (SSSR count). The predicted octanol–water partition coefficient (Wildman–Crippen LogP) is 19.7. The van der Waals surface area contributed by atoms with Crippen LogP contribution in [0.4, 0.5) is 0 Å². The highest BCUT2D eigenvalue weighted by Gasteiger charge is 2.22. The Labute approximate surface area is 478 Å². The summed E-state index contributed by atoms with van der Waals surface area (Å²) < 4.78 is 24.0. The van der Waals surface area contributed by atoms with E-state index in [2.05, 4.69) is 58.3 Å². The molecule has 0 bridgehead atoms. The Morgan fingerprint density at radius 2 is 0.688 bits per heavy atom. The number of allylic oxidation sites excluding steroid dienone is 2. The van der Waals surface area contributed by atoms with E-state index in [-0.39, 0.29) is 35.7 Å². The number of rotatable bonds is 58. The van der Waals surface area contributed by atoms with Gasteiger partial charge in [-0.05, 0) is 194 Å². The van der Waals surface area contributed by atoms with Crippen LogP contribution in [0, 0.1) is 0 Å². The number of hydrogen-bond donors (Lipinski definition) is 0. The Morgan fingerprint density at radius 3 is 1.04 bits per heavy atom. The molecule has 1 fully saturated rings. The summed E-state index contributed by atoms with van der Waals surface area (Å²) in [5, 5.41) is 0. The van der Waals surface area contributed by atoms with Crippen LogP contribution in [0.5, 0.6) is 0 Å². The van der Waals surface area contributed by atoms with E-state index in [1.54, 1.807) is 5.57 Å². The molecule has 3 atom stereocenters. The lowest BCUT2D eigenvalue weighted by Gasteiger charge is -2.26. The fourth-order valence-electron chi connectivity index (χ4n) is 10.6. The summed E-state index contributed by atoms with van der Waals surface area (Å²) in [6.45, 7) is 26.2. The smallest absolute Gasteiger partial charge is 0.306 e. The molecule has 0 aromatic rings. The van der Waals surface area contributed by atoms with Gasteiger partial charge in [-0.2, -0.15) is 0 Å². The number of hydrogen-bond acceptors (Lipinski definition) is 9. The minimum absolute atomic E-state index is 0.000204. The predicted molar refractivity (Wildman–Crippen MR) is 328 cm³/mol. The van der Waals surface area contributed by atoms with E-state index in [4.69, 9.17) is 18.9 Å². The van der Waals surface area contributed by atoms with Gasteiger partial charge in [-0.1, -0.05) is 170 Å². The van der Waals surface area contributed by atoms with Crippen molar-refractivity contribution < 1.29 is 33.3 Å². The van der Waals surface area contributed by atoms with E-state index in [1.807, 2.05) is 13.8 Å². The highest BCUT2D eigenvalue weighted by molar-refractivity contribution is 5.70. The molecule has 0 aliphatic heterocycles. The maximum Gasteiger partial charge on any atom is 0.306 e. The van der Waals surface area contributed by atoms with E-state index in [0.29, 0.717) is 25.4 Å². The number of carbonyl (C=O) groups is 3. The first kappa shape index (κ1) is 72.9. The highest BCUT2D eigenvalue weighted by Crippen LogP contribution is 2.36. The van der Waals surface area contributed by atoms with Crippen LogP contribution in [0.2, 0.25) is 0 Å². The van der Waals surface area contributed by atoms with Gasteiger partial charge in [0.25, 0.3) is 0 Å². The number of unbranched alkanes of at least 4 members (excludes halogenated alkanes) is 23. The first-order chi connectivity index (χ1) is 37.4. The number of esters is 3. The van der Waals surface area contributed by atoms with Crippen LogP contribution in [0.25, 0.3) is 0 Å². The Hall–Kier alpha value is -2.13. The van der Waals surface area contributed by atoms with Crippen molar-refractivity contribution in [2.24, 2.45) is 0 Å². The first-order valence-corrected chi connectivity index (χ1v) is 33.9. The van der Waals surface area contributed by atoms with Crippen molar-refractivity contribution in [1.82, 2.24) is 9.80 Å². The molecule has 0 saturated heterocycles. The van der Waals surface area contributed by atoms with Gasteiger partial charge in [-0.25, -0.2) is 0 Å². The molecule has 0 heterocycles. The summed E-state index contributed by atoms with van der Waals surface area (Å²) >= 11 is 0. The van der Waals surface area contributed by atoms with E-state index >= 15 is 0 Å². The zero-order chi connectivity index (χ0) is 56.5. The summed E-state index contributed by atoms with van der Waals surface area (Å²) in [5.74, 6) is 1.29. The van der Waals surface area contributed by atoms with Gasteiger partial charge in [0.05, 0.1) is 11.9 Å². The molecule has 1 saturated carbocycles. The second kappa shape index (κ2) is 50.8. The van der Waals surface area contributed by atoms with Gasteiger partial charge in [0, 0.05) is 25.7 Å². The summed E-state index contributed by atoms with van der Waals surface area (Å²) in [6, 6.07) is 0. The topological polar surface area (TPSA) is 94.6 Å². The lowest BCUT2D eigenvalue weighted by molar-refractivity contribution is -0.157. The normalized spacial score (nSPS) is 13.8. The van der Waals surface area contributed by atoms with Crippen molar-refractivity contribution in [3.8, 4) is 0 Å². The number of ether oxygens (including phenoxy) is 4. The molecule has 0 amide bonds. The first-order valence-electron chi connectivity index (χ1n) is 33.9. The second-order valence-corrected chi connectivity index (χ2v) is 24.3. The average Bonchev–Trinajstić information content (AvgIpc) is 4.27. The maximum atomic E-state index is 12.6. The molecule has 0 spiro atoms. The molecule has 0 aromatic heterocycles. The zero-order valence-electron chi connectivity index (χ0n) is 52.8. The van der Waals surface area contributed by atoms with Crippen LogP contribution in [0.1, 0.15) is 345 Å². The number of nitrogens with zero attached hydrogens (tertiary/aromatic N) is 2. The van der Waals surface area contributed by atoms with Crippen LogP contribution in [0.15, 0.2) is 11.3 Å². The van der Waals surface area contributed by atoms with Crippen molar-refractivity contribution in [3.05, 3.63) is 11.3 Å². The van der Waals surface area contributed by atoms with E-state index in [1.165, 1.54) is 179 Å². The molecule has 1 aliphatic carbocycles. The molecule has 77 heavy (non-hydrogen) atoms. The Bertz CT molecular complexity index is 1410. The minimum Gasteiger partial charge on any atom is -0.495 e. The monoisotopic (exact) mass is 1090 g/mol. The molecule has 0 N–H and O–H groups in total. The van der Waals surface area contributed by atoms with Gasteiger partial charge < -0.3 is 28.7 Å². The highest BCUT2D eigenvalue weighted by atomic mass is 16.6. The maximum absolute atomic E-state index is 12.6. The van der Waals surface area contributed by atoms with Gasteiger partial charge >= 0.3 is 17.9 Å². The molecule has 454 valence electrons. The summed E-state index contributed by atoms with van der Waals surface area (Å²) in [7, 11) is 0. The van der Waals surface area contributed by atoms with Gasteiger partial charge in [-0.3, -0.25) is 14.4 Å². The van der Waals surface area contributed by atoms with Gasteiger partial charge in [-0.15, -0.1) is 0 Å². The zero-order valence-corrected chi connectivity index (χ0v) is 52.8. The molecular formula is C68H130N2O7. The molecule has 1 aliphatic rings. The standard InChI is InChI=1S/C68H130N2O7/c1-10-17-33-45-61(13-4)74-64(60-52-53-60)48-36-26-20-23-29-40-54-69(55-41-30-24-21-27-37-49-65(71)75-62(14-5)46-34-18-11-2)58-44-59-70(57-43-32-39-51-67(73)77-68(8,9)16-7)56-42-31-25-22-28-38-50-66(72)76-63(15-6)47-35-19-12-3/h61-63H,10-59H2,1-9H3. The van der Waals surface area contributed by atoms with Crippen molar-refractivity contribution in [3.63, 3.8) is 0 Å². The van der Waals surface area contributed by atoms with Gasteiger partial charge in [0.1, 0.15) is 17.8 Å². The second-order valence-electron chi connectivity index (χ2n) is 24.3. The van der Waals surface area contributed by atoms with Crippen LogP contribution < -0.4 is 0 Å². The minimum atomic E-state index is -0.386. The molecule has 3 unspecified atom stereocenters. The Morgan fingerprint density at radius 1 is 0.377 bits per heavy atom. The SMILES string of the molecule is CCCCCC(CC)OC(=O)CCCCCCCCN(CCCCCCCCC(OC(CC)CCCCC)=C1CC1)CCCN(CCCCCCCCC(=O)OC(CC)CCCCC)CCCCCC(=O)OC(C)(C)CC. The van der Waals surface area contributed by atoms with Crippen molar-refractivity contribution >= 4 is 17.9 Å². The van der Waals surface area contributed by atoms with Crippen LogP contribution in [-0.4, -0.2) is 90.9 Å². The van der Waals surface area contributed by atoms with Crippen LogP contribution in [-0.2, 0) is 33.3 Å². The van der Waals surface area contributed by atoms with E-state index in [0.717, 1.165) is 129 Å². The number of carbonyl (C=O) groups excluding carboxylic acids is 3. The molecule has 0 radical (unpaired) electrons. The summed E-state index contributed by atoms with van der Waals surface area (Å²) in [5.41, 5.74) is 1.21. The third kappa shape index (κ3) is 44.2. The van der Waals surface area contributed by atoms with Gasteiger partial charge in [0.15, 0.2) is 0 Å². The molecule has 9 nitrogen and oxygen atoms in total. The lowest BCUT2D eigenvalue weighted by Crippen LogP contribution is -2.32. The van der Waals surface area contributed by atoms with Crippen LogP contribution in [0.3, 0.4) is 0 Å². The van der Waals surface area contributed by atoms with Crippen molar-refractivity contribution in [2.75, 3.05) is 39.3 Å². The largest absolute Gasteiger partial charge is 0.495 e. The average molecular weight is 1090 g/mol. The Balaban J connectivity index is 2.72. The summed E-state index contributed by atoms with van der Waals surface area (Å²) in [4.78, 5) is 43.1. The lowest BCUT2D eigenvalue weighted by atomic mass is 10.1. The van der Waals surface area contributed by atoms with Crippen molar-refractivity contribution in [1.29, 1.82) is 0 Å². The summed E-state index contributed by atoms with van der Waals surface area (Å²) in [6.07, 6.45) is 49.8. The van der Waals surface area contributed by atoms with Crippen molar-refractivity contribution in [2.45, 2.75) is 369 Å². The van der Waals surface area contributed by atoms with Crippen LogP contribution >= 0.6 is 0 Å². The molecular weight excluding hydrogens is 957 g/mol. The quantitative estimate of drug-likeness (QED) is 0.0255. The van der Waals surface area contributed by atoms with E-state index < -0.39 is 0 Å². The Kier molecular flexibility index (Phi) is 48.1. The fourth-order valence-corrected chi connectivity index (χ4v) is 10.6. The van der Waals surface area contributed by atoms with E-state index in [9.17, 15) is 14.4 Å². The van der Waals surface area contributed by atoms with Gasteiger partial charge in [0.2, 0.25) is 0 Å². The third-order valence-electron chi connectivity index (χ3n) is 16.4.